The zero-order chi connectivity index (χ0) is 16.8. The van der Waals surface area contributed by atoms with Gasteiger partial charge in [0.2, 0.25) is 0 Å². The van der Waals surface area contributed by atoms with E-state index in [1.807, 2.05) is 19.9 Å². The van der Waals surface area contributed by atoms with Gasteiger partial charge in [0.1, 0.15) is 11.5 Å². The molecule has 0 aliphatic heterocycles. The number of rotatable bonds is 6. The Morgan fingerprint density at radius 3 is 2.17 bits per heavy atom. The van der Waals surface area contributed by atoms with Gasteiger partial charge in [0.15, 0.2) is 6.61 Å². The zero-order valence-electron chi connectivity index (χ0n) is 13.7. The van der Waals surface area contributed by atoms with Crippen LogP contribution in [0.25, 0.3) is 0 Å². The summed E-state index contributed by atoms with van der Waals surface area (Å²) in [5.74, 6) is 0.746. The number of aromatic nitrogens is 2. The number of esters is 1. The molecule has 122 valence electrons. The maximum atomic E-state index is 11.4. The molecule has 0 bridgehead atoms. The van der Waals surface area contributed by atoms with E-state index in [0.29, 0.717) is 17.5 Å². The van der Waals surface area contributed by atoms with Crippen molar-refractivity contribution in [1.29, 1.82) is 0 Å². The first-order chi connectivity index (χ1) is 10.9. The predicted octanol–water partition coefficient (Wildman–Crippen LogP) is 3.22. The van der Waals surface area contributed by atoms with Crippen LogP contribution in [-0.4, -0.2) is 28.6 Å². The van der Waals surface area contributed by atoms with Gasteiger partial charge in [-0.3, -0.25) is 0 Å². The molecular formula is C17H20N2O4. The van der Waals surface area contributed by atoms with Gasteiger partial charge in [-0.2, -0.15) is 0 Å². The van der Waals surface area contributed by atoms with Crippen LogP contribution in [-0.2, 0) is 9.53 Å². The fourth-order valence-electron chi connectivity index (χ4n) is 1.89. The van der Waals surface area contributed by atoms with Gasteiger partial charge in [-0.1, -0.05) is 0 Å². The van der Waals surface area contributed by atoms with Crippen molar-refractivity contribution < 1.29 is 19.0 Å². The molecule has 23 heavy (non-hydrogen) atoms. The molecule has 0 unspecified atom stereocenters. The minimum Gasteiger partial charge on any atom is -0.482 e. The van der Waals surface area contributed by atoms with E-state index in [4.69, 9.17) is 14.2 Å². The third-order valence-electron chi connectivity index (χ3n) is 2.72. The van der Waals surface area contributed by atoms with Gasteiger partial charge in [-0.25, -0.2) is 14.8 Å². The highest BCUT2D eigenvalue weighted by Crippen LogP contribution is 2.22. The summed E-state index contributed by atoms with van der Waals surface area (Å²) in [6.45, 7) is 7.22. The van der Waals surface area contributed by atoms with Crippen LogP contribution in [0.15, 0.2) is 30.3 Å². The second-order valence-corrected chi connectivity index (χ2v) is 5.33. The molecule has 6 heteroatoms. The number of hydrogen-bond acceptors (Lipinski definition) is 6. The third kappa shape index (κ3) is 5.58. The monoisotopic (exact) mass is 316 g/mol. The maximum absolute atomic E-state index is 11.4. The predicted molar refractivity (Wildman–Crippen MR) is 84.7 cm³/mol. The van der Waals surface area contributed by atoms with Crippen LogP contribution in [0.1, 0.15) is 25.2 Å². The van der Waals surface area contributed by atoms with Crippen molar-refractivity contribution in [3.8, 4) is 17.5 Å². The van der Waals surface area contributed by atoms with E-state index in [2.05, 4.69) is 9.97 Å². The van der Waals surface area contributed by atoms with E-state index in [9.17, 15) is 4.79 Å². The van der Waals surface area contributed by atoms with E-state index in [-0.39, 0.29) is 12.7 Å². The fraction of sp³-hybridized carbons (Fsp3) is 0.353. The highest BCUT2D eigenvalue weighted by atomic mass is 16.6. The third-order valence-corrected chi connectivity index (χ3v) is 2.72. The molecule has 0 saturated carbocycles. The minimum atomic E-state index is -0.399. The Hall–Kier alpha value is -2.63. The fourth-order valence-corrected chi connectivity index (χ4v) is 1.89. The quantitative estimate of drug-likeness (QED) is 0.762. The average Bonchev–Trinajstić information content (AvgIpc) is 2.45. The van der Waals surface area contributed by atoms with Crippen molar-refractivity contribution in [3.05, 3.63) is 41.7 Å². The molecule has 0 amide bonds. The van der Waals surface area contributed by atoms with E-state index in [1.54, 1.807) is 38.1 Å². The molecule has 2 rings (SSSR count). The first kappa shape index (κ1) is 16.7. The summed E-state index contributed by atoms with van der Waals surface area (Å²) in [7, 11) is 0. The Labute approximate surface area is 135 Å². The SMILES string of the molecule is Cc1cc(C)nc(Oc2ccc(OCC(=O)OC(C)C)cc2)n1. The molecule has 0 spiro atoms. The average molecular weight is 316 g/mol. The van der Waals surface area contributed by atoms with Crippen LogP contribution < -0.4 is 9.47 Å². The second kappa shape index (κ2) is 7.58. The molecule has 0 saturated heterocycles. The van der Waals surface area contributed by atoms with Crippen LogP contribution in [0.5, 0.6) is 17.5 Å². The van der Waals surface area contributed by atoms with Crippen molar-refractivity contribution in [3.63, 3.8) is 0 Å². The van der Waals surface area contributed by atoms with E-state index in [1.165, 1.54) is 0 Å². The highest BCUT2D eigenvalue weighted by Gasteiger charge is 2.07. The van der Waals surface area contributed by atoms with Crippen LogP contribution in [0.4, 0.5) is 0 Å². The summed E-state index contributed by atoms with van der Waals surface area (Å²) < 4.78 is 15.9. The lowest BCUT2D eigenvalue weighted by atomic mass is 10.3. The summed E-state index contributed by atoms with van der Waals surface area (Å²) in [4.78, 5) is 19.8. The Bertz CT molecular complexity index is 649. The topological polar surface area (TPSA) is 70.5 Å². The lowest BCUT2D eigenvalue weighted by Gasteiger charge is -2.10. The van der Waals surface area contributed by atoms with E-state index in [0.717, 1.165) is 11.4 Å². The van der Waals surface area contributed by atoms with Crippen molar-refractivity contribution in [2.75, 3.05) is 6.61 Å². The first-order valence-corrected chi connectivity index (χ1v) is 7.35. The van der Waals surface area contributed by atoms with Gasteiger partial charge in [0.25, 0.3) is 0 Å². The first-order valence-electron chi connectivity index (χ1n) is 7.35. The van der Waals surface area contributed by atoms with Crippen LogP contribution in [0, 0.1) is 13.8 Å². The molecule has 0 N–H and O–H groups in total. The Morgan fingerprint density at radius 2 is 1.61 bits per heavy atom. The molecule has 0 aliphatic carbocycles. The van der Waals surface area contributed by atoms with Crippen LogP contribution >= 0.6 is 0 Å². The Morgan fingerprint density at radius 1 is 1.04 bits per heavy atom. The van der Waals surface area contributed by atoms with E-state index >= 15 is 0 Å². The molecule has 1 aromatic carbocycles. The molecule has 0 atom stereocenters. The molecular weight excluding hydrogens is 296 g/mol. The highest BCUT2D eigenvalue weighted by molar-refractivity contribution is 5.71. The summed E-state index contributed by atoms with van der Waals surface area (Å²) in [5, 5.41) is 0. The van der Waals surface area contributed by atoms with Crippen molar-refractivity contribution >= 4 is 5.97 Å². The van der Waals surface area contributed by atoms with E-state index < -0.39 is 5.97 Å². The molecule has 2 aromatic rings. The number of benzene rings is 1. The molecule has 0 fully saturated rings. The summed E-state index contributed by atoms with van der Waals surface area (Å²) >= 11 is 0. The zero-order valence-corrected chi connectivity index (χ0v) is 13.7. The lowest BCUT2D eigenvalue weighted by molar-refractivity contribution is -0.149. The number of ether oxygens (including phenoxy) is 3. The minimum absolute atomic E-state index is 0.126. The summed E-state index contributed by atoms with van der Waals surface area (Å²) in [6.07, 6.45) is -0.153. The second-order valence-electron chi connectivity index (χ2n) is 5.33. The lowest BCUT2D eigenvalue weighted by Crippen LogP contribution is -2.18. The van der Waals surface area contributed by atoms with Crippen molar-refractivity contribution in [1.82, 2.24) is 9.97 Å². The van der Waals surface area contributed by atoms with Crippen molar-refractivity contribution in [2.24, 2.45) is 0 Å². The number of carbonyl (C=O) groups is 1. The molecule has 0 radical (unpaired) electrons. The normalized spacial score (nSPS) is 10.5. The van der Waals surface area contributed by atoms with Crippen molar-refractivity contribution in [2.45, 2.75) is 33.8 Å². The number of aryl methyl sites for hydroxylation is 2. The molecule has 6 nitrogen and oxygen atoms in total. The molecule has 0 aliphatic rings. The van der Waals surface area contributed by atoms with Crippen LogP contribution in [0.3, 0.4) is 0 Å². The Balaban J connectivity index is 1.93. The Kier molecular flexibility index (Phi) is 5.51. The van der Waals surface area contributed by atoms with Gasteiger partial charge in [0, 0.05) is 11.4 Å². The van der Waals surface area contributed by atoms with Crippen LogP contribution in [0.2, 0.25) is 0 Å². The maximum Gasteiger partial charge on any atom is 0.344 e. The largest absolute Gasteiger partial charge is 0.482 e. The molecule has 1 aromatic heterocycles. The smallest absolute Gasteiger partial charge is 0.344 e. The van der Waals surface area contributed by atoms with Gasteiger partial charge >= 0.3 is 12.0 Å². The number of hydrogen-bond donors (Lipinski definition) is 0. The standard InChI is InChI=1S/C17H20N2O4/c1-11(2)22-16(20)10-21-14-5-7-15(8-6-14)23-17-18-12(3)9-13(4)19-17/h5-9,11H,10H2,1-4H3. The number of carbonyl (C=O) groups excluding carboxylic acids is 1. The summed E-state index contributed by atoms with van der Waals surface area (Å²) in [6, 6.07) is 9.05. The summed E-state index contributed by atoms with van der Waals surface area (Å²) in [5.41, 5.74) is 1.69. The van der Waals surface area contributed by atoms with Gasteiger partial charge in [0.05, 0.1) is 6.10 Å². The van der Waals surface area contributed by atoms with Gasteiger partial charge in [-0.05, 0) is 58.0 Å². The number of nitrogens with zero attached hydrogens (tertiary/aromatic N) is 2. The molecule has 1 heterocycles. The van der Waals surface area contributed by atoms with Gasteiger partial charge in [-0.15, -0.1) is 0 Å². The van der Waals surface area contributed by atoms with Gasteiger partial charge < -0.3 is 14.2 Å².